The minimum Gasteiger partial charge on any atom is -0.396 e. The Labute approximate surface area is 91.6 Å². The summed E-state index contributed by atoms with van der Waals surface area (Å²) in [4.78, 5) is 2.41. The van der Waals surface area contributed by atoms with Crippen LogP contribution < -0.4 is 0 Å². The van der Waals surface area contributed by atoms with Crippen LogP contribution in [-0.4, -0.2) is 41.6 Å². The van der Waals surface area contributed by atoms with E-state index in [1.54, 1.807) is 0 Å². The van der Waals surface area contributed by atoms with E-state index in [1.165, 1.54) is 19.3 Å². The van der Waals surface area contributed by atoms with Crippen LogP contribution in [0.15, 0.2) is 12.2 Å². The topological polar surface area (TPSA) is 23.5 Å². The van der Waals surface area contributed by atoms with Crippen molar-refractivity contribution in [2.24, 2.45) is 0 Å². The summed E-state index contributed by atoms with van der Waals surface area (Å²) >= 11 is 5.72. The van der Waals surface area contributed by atoms with E-state index in [4.69, 9.17) is 16.7 Å². The summed E-state index contributed by atoms with van der Waals surface area (Å²) in [5.74, 6) is 0.544. The molecule has 0 saturated carbocycles. The van der Waals surface area contributed by atoms with E-state index in [-0.39, 0.29) is 6.61 Å². The quantitative estimate of drug-likeness (QED) is 0.563. The molecule has 1 aliphatic heterocycles. The third kappa shape index (κ3) is 3.60. The predicted octanol–water partition coefficient (Wildman–Crippen LogP) is 2.02. The van der Waals surface area contributed by atoms with Crippen LogP contribution in [0.5, 0.6) is 0 Å². The van der Waals surface area contributed by atoms with E-state index in [0.29, 0.717) is 11.9 Å². The van der Waals surface area contributed by atoms with E-state index >= 15 is 0 Å². The Hall–Kier alpha value is -0.0500. The van der Waals surface area contributed by atoms with Crippen LogP contribution in [0.25, 0.3) is 0 Å². The van der Waals surface area contributed by atoms with Crippen molar-refractivity contribution in [3.05, 3.63) is 12.2 Å². The Kier molecular flexibility index (Phi) is 5.53. The highest BCUT2D eigenvalue weighted by atomic mass is 35.5. The molecule has 1 aliphatic rings. The number of nitrogens with zero attached hydrogens (tertiary/aromatic N) is 1. The van der Waals surface area contributed by atoms with Gasteiger partial charge in [0, 0.05) is 25.1 Å². The highest BCUT2D eigenvalue weighted by Gasteiger charge is 2.21. The Balaban J connectivity index is 2.41. The van der Waals surface area contributed by atoms with Gasteiger partial charge in [-0.3, -0.25) is 4.90 Å². The number of likely N-dealkylation sites (tertiary alicyclic amines) is 1. The van der Waals surface area contributed by atoms with E-state index in [0.717, 1.165) is 25.1 Å². The summed E-state index contributed by atoms with van der Waals surface area (Å²) in [6.07, 6.45) is 4.64. The van der Waals surface area contributed by atoms with Crippen molar-refractivity contribution < 1.29 is 5.11 Å². The van der Waals surface area contributed by atoms with Crippen molar-refractivity contribution in [2.45, 2.75) is 31.7 Å². The van der Waals surface area contributed by atoms with E-state index in [9.17, 15) is 0 Å². The van der Waals surface area contributed by atoms with Crippen molar-refractivity contribution in [1.82, 2.24) is 4.90 Å². The van der Waals surface area contributed by atoms with Gasteiger partial charge in [-0.15, -0.1) is 11.6 Å². The first-order valence-corrected chi connectivity index (χ1v) is 5.89. The SMILES string of the molecule is C=C(CCl)CN1CCCCC1CCO. The molecular weight excluding hydrogens is 198 g/mol. The second-order valence-electron chi connectivity index (χ2n) is 4.02. The standard InChI is InChI=1S/C11H20ClNO/c1-10(8-12)9-13-6-3-2-4-11(13)5-7-14/h11,14H,1-9H2. The molecule has 0 aromatic rings. The maximum atomic E-state index is 8.95. The lowest BCUT2D eigenvalue weighted by Crippen LogP contribution is -2.41. The fourth-order valence-electron chi connectivity index (χ4n) is 2.07. The molecule has 0 radical (unpaired) electrons. The molecular formula is C11H20ClNO. The van der Waals surface area contributed by atoms with Gasteiger partial charge in [0.15, 0.2) is 0 Å². The van der Waals surface area contributed by atoms with Gasteiger partial charge in [0.1, 0.15) is 0 Å². The van der Waals surface area contributed by atoms with Crippen molar-refractivity contribution in [2.75, 3.05) is 25.6 Å². The lowest BCUT2D eigenvalue weighted by Gasteiger charge is -2.35. The van der Waals surface area contributed by atoms with Gasteiger partial charge in [-0.05, 0) is 31.4 Å². The molecule has 0 amide bonds. The third-order valence-electron chi connectivity index (χ3n) is 2.83. The molecule has 82 valence electrons. The Bertz CT molecular complexity index is 182. The fraction of sp³-hybridized carbons (Fsp3) is 0.818. The minimum atomic E-state index is 0.286. The van der Waals surface area contributed by atoms with Crippen molar-refractivity contribution in [3.8, 4) is 0 Å². The van der Waals surface area contributed by atoms with Crippen LogP contribution in [-0.2, 0) is 0 Å². The molecule has 0 spiro atoms. The maximum absolute atomic E-state index is 8.95. The molecule has 14 heavy (non-hydrogen) atoms. The zero-order valence-electron chi connectivity index (χ0n) is 8.71. The first-order valence-electron chi connectivity index (χ1n) is 5.35. The number of hydrogen-bond acceptors (Lipinski definition) is 2. The number of piperidine rings is 1. The van der Waals surface area contributed by atoms with Gasteiger partial charge in [0.25, 0.3) is 0 Å². The molecule has 1 heterocycles. The number of aliphatic hydroxyl groups is 1. The summed E-state index contributed by atoms with van der Waals surface area (Å²) < 4.78 is 0. The molecule has 0 aliphatic carbocycles. The molecule has 1 fully saturated rings. The van der Waals surface area contributed by atoms with Crippen LogP contribution in [0, 0.1) is 0 Å². The predicted molar refractivity (Wildman–Crippen MR) is 60.8 cm³/mol. The van der Waals surface area contributed by atoms with Crippen molar-refractivity contribution in [1.29, 1.82) is 0 Å². The summed E-state index contributed by atoms with van der Waals surface area (Å²) in [6.45, 7) is 6.23. The highest BCUT2D eigenvalue weighted by molar-refractivity contribution is 6.19. The van der Waals surface area contributed by atoms with Gasteiger partial charge in [-0.2, -0.15) is 0 Å². The second kappa shape index (κ2) is 6.44. The monoisotopic (exact) mass is 217 g/mol. The molecule has 1 atom stereocenters. The lowest BCUT2D eigenvalue weighted by atomic mass is 9.99. The average Bonchev–Trinajstić information content (AvgIpc) is 2.21. The minimum absolute atomic E-state index is 0.286. The van der Waals surface area contributed by atoms with Crippen molar-refractivity contribution in [3.63, 3.8) is 0 Å². The normalized spacial score (nSPS) is 23.7. The average molecular weight is 218 g/mol. The number of rotatable bonds is 5. The summed E-state index contributed by atoms with van der Waals surface area (Å²) in [5, 5.41) is 8.95. The first-order chi connectivity index (χ1) is 6.77. The van der Waals surface area contributed by atoms with Gasteiger partial charge in [0.2, 0.25) is 0 Å². The molecule has 1 unspecified atom stereocenters. The second-order valence-corrected chi connectivity index (χ2v) is 4.28. The van der Waals surface area contributed by atoms with Gasteiger partial charge < -0.3 is 5.11 Å². The van der Waals surface area contributed by atoms with E-state index < -0.39 is 0 Å². The maximum Gasteiger partial charge on any atom is 0.0445 e. The van der Waals surface area contributed by atoms with Crippen molar-refractivity contribution >= 4 is 11.6 Å². The Morgan fingerprint density at radius 1 is 1.50 bits per heavy atom. The smallest absolute Gasteiger partial charge is 0.0445 e. The third-order valence-corrected chi connectivity index (χ3v) is 3.21. The largest absolute Gasteiger partial charge is 0.396 e. The fourth-order valence-corrected chi connectivity index (χ4v) is 2.16. The van der Waals surface area contributed by atoms with Gasteiger partial charge in [0.05, 0.1) is 0 Å². The van der Waals surface area contributed by atoms with Gasteiger partial charge in [-0.25, -0.2) is 0 Å². The molecule has 3 heteroatoms. The molecule has 1 rings (SSSR count). The molecule has 0 bridgehead atoms. The van der Waals surface area contributed by atoms with Crippen LogP contribution in [0.1, 0.15) is 25.7 Å². The number of aliphatic hydroxyl groups excluding tert-OH is 1. The highest BCUT2D eigenvalue weighted by Crippen LogP contribution is 2.20. The molecule has 0 aromatic heterocycles. The Morgan fingerprint density at radius 3 is 2.93 bits per heavy atom. The van der Waals surface area contributed by atoms with Gasteiger partial charge in [-0.1, -0.05) is 13.0 Å². The zero-order valence-corrected chi connectivity index (χ0v) is 9.47. The summed E-state index contributed by atoms with van der Waals surface area (Å²) in [5.41, 5.74) is 1.08. The number of alkyl halides is 1. The molecule has 2 nitrogen and oxygen atoms in total. The Morgan fingerprint density at radius 2 is 2.29 bits per heavy atom. The van der Waals surface area contributed by atoms with E-state index in [1.807, 2.05) is 0 Å². The molecule has 1 N–H and O–H groups in total. The molecule has 1 saturated heterocycles. The van der Waals surface area contributed by atoms with Crippen LogP contribution in [0.3, 0.4) is 0 Å². The summed E-state index contributed by atoms with van der Waals surface area (Å²) in [6, 6.07) is 0.536. The van der Waals surface area contributed by atoms with Gasteiger partial charge >= 0.3 is 0 Å². The zero-order chi connectivity index (χ0) is 10.4. The first kappa shape index (κ1) is 12.0. The van der Waals surface area contributed by atoms with Crippen LogP contribution >= 0.6 is 11.6 Å². The van der Waals surface area contributed by atoms with Crippen LogP contribution in [0.4, 0.5) is 0 Å². The summed E-state index contributed by atoms with van der Waals surface area (Å²) in [7, 11) is 0. The molecule has 0 aromatic carbocycles. The van der Waals surface area contributed by atoms with Crippen LogP contribution in [0.2, 0.25) is 0 Å². The number of hydrogen-bond donors (Lipinski definition) is 1. The number of halogens is 1. The van der Waals surface area contributed by atoms with E-state index in [2.05, 4.69) is 11.5 Å². The lowest BCUT2D eigenvalue weighted by molar-refractivity contribution is 0.129.